The molecule has 0 aliphatic rings. The third kappa shape index (κ3) is 2.66. The normalized spacial score (nSPS) is 9.90. The van der Waals surface area contributed by atoms with Crippen molar-refractivity contribution in [3.05, 3.63) is 48.0 Å². The number of methoxy groups -OCH3 is 2. The van der Waals surface area contributed by atoms with Gasteiger partial charge in [-0.05, 0) is 24.3 Å². The Morgan fingerprint density at radius 2 is 1.65 bits per heavy atom. The first-order valence-corrected chi connectivity index (χ1v) is 6.04. The monoisotopic (exact) mass is 272 g/mol. The summed E-state index contributed by atoms with van der Waals surface area (Å²) in [6.45, 7) is 0. The second-order valence-corrected chi connectivity index (χ2v) is 4.08. The van der Waals surface area contributed by atoms with Gasteiger partial charge < -0.3 is 20.5 Å². The van der Waals surface area contributed by atoms with Gasteiger partial charge in [-0.2, -0.15) is 0 Å². The molecule has 0 aliphatic carbocycles. The average Bonchev–Trinajstić information content (AvgIpc) is 2.47. The Hall–Kier alpha value is -2.69. The van der Waals surface area contributed by atoms with Crippen LogP contribution in [0.3, 0.4) is 0 Å². The van der Waals surface area contributed by atoms with Gasteiger partial charge in [0.05, 0.1) is 19.9 Å². The number of carbonyl (C=O) groups is 1. The summed E-state index contributed by atoms with van der Waals surface area (Å²) in [5.41, 5.74) is 7.09. The minimum atomic E-state index is -0.343. The van der Waals surface area contributed by atoms with E-state index in [4.69, 9.17) is 15.2 Å². The van der Waals surface area contributed by atoms with Crippen molar-refractivity contribution in [1.29, 1.82) is 0 Å². The van der Waals surface area contributed by atoms with Gasteiger partial charge in [0.1, 0.15) is 17.1 Å². The van der Waals surface area contributed by atoms with E-state index < -0.39 is 0 Å². The van der Waals surface area contributed by atoms with Crippen molar-refractivity contribution in [3.8, 4) is 11.5 Å². The highest BCUT2D eigenvalue weighted by molar-refractivity contribution is 6.10. The molecule has 1 amide bonds. The Labute approximate surface area is 117 Å². The SMILES string of the molecule is COc1ccccc1NC(=O)c1c(N)cccc1OC. The van der Waals surface area contributed by atoms with E-state index >= 15 is 0 Å². The minimum Gasteiger partial charge on any atom is -0.496 e. The van der Waals surface area contributed by atoms with Crippen molar-refractivity contribution in [2.24, 2.45) is 0 Å². The maximum atomic E-state index is 12.4. The Morgan fingerprint density at radius 1 is 1.00 bits per heavy atom. The number of nitrogen functional groups attached to an aromatic ring is 1. The number of rotatable bonds is 4. The van der Waals surface area contributed by atoms with E-state index in [1.54, 1.807) is 37.4 Å². The first kappa shape index (κ1) is 13.7. The summed E-state index contributed by atoms with van der Waals surface area (Å²) < 4.78 is 10.4. The lowest BCUT2D eigenvalue weighted by Gasteiger charge is -2.13. The topological polar surface area (TPSA) is 73.6 Å². The zero-order chi connectivity index (χ0) is 14.5. The number of hydrogen-bond acceptors (Lipinski definition) is 4. The lowest BCUT2D eigenvalue weighted by molar-refractivity contribution is 0.102. The smallest absolute Gasteiger partial charge is 0.261 e. The van der Waals surface area contributed by atoms with Crippen LogP contribution in [0.4, 0.5) is 11.4 Å². The molecule has 0 saturated heterocycles. The summed E-state index contributed by atoms with van der Waals surface area (Å²) in [5, 5.41) is 2.77. The summed E-state index contributed by atoms with van der Waals surface area (Å²) >= 11 is 0. The van der Waals surface area contributed by atoms with Crippen LogP contribution in [0.15, 0.2) is 42.5 Å². The van der Waals surface area contributed by atoms with Gasteiger partial charge in [0.15, 0.2) is 0 Å². The molecule has 0 aliphatic heterocycles. The zero-order valence-electron chi connectivity index (χ0n) is 11.3. The van der Waals surface area contributed by atoms with Gasteiger partial charge in [0.2, 0.25) is 0 Å². The molecule has 5 heteroatoms. The number of para-hydroxylation sites is 2. The van der Waals surface area contributed by atoms with Gasteiger partial charge in [-0.25, -0.2) is 0 Å². The number of benzene rings is 2. The lowest BCUT2D eigenvalue weighted by Crippen LogP contribution is -2.15. The van der Waals surface area contributed by atoms with E-state index in [1.165, 1.54) is 7.11 Å². The highest BCUT2D eigenvalue weighted by Crippen LogP contribution is 2.28. The number of amides is 1. The number of anilines is 2. The number of carbonyl (C=O) groups excluding carboxylic acids is 1. The number of nitrogens with one attached hydrogen (secondary N) is 1. The maximum Gasteiger partial charge on any atom is 0.261 e. The quantitative estimate of drug-likeness (QED) is 0.839. The number of nitrogens with two attached hydrogens (primary N) is 1. The summed E-state index contributed by atoms with van der Waals surface area (Å²) in [5.74, 6) is 0.663. The maximum absolute atomic E-state index is 12.4. The molecule has 0 radical (unpaired) electrons. The highest BCUT2D eigenvalue weighted by atomic mass is 16.5. The summed E-state index contributed by atoms with van der Waals surface area (Å²) in [7, 11) is 3.04. The van der Waals surface area contributed by atoms with Crippen LogP contribution in [0.25, 0.3) is 0 Å². The van der Waals surface area contributed by atoms with Crippen LogP contribution in [0.5, 0.6) is 11.5 Å². The molecule has 0 aromatic heterocycles. The Kier molecular flexibility index (Phi) is 4.10. The van der Waals surface area contributed by atoms with E-state index in [2.05, 4.69) is 5.32 Å². The predicted octanol–water partition coefficient (Wildman–Crippen LogP) is 2.54. The van der Waals surface area contributed by atoms with Crippen LogP contribution in [-0.2, 0) is 0 Å². The van der Waals surface area contributed by atoms with Gasteiger partial charge in [-0.3, -0.25) is 4.79 Å². The molecule has 2 aromatic rings. The number of ether oxygens (including phenoxy) is 2. The fourth-order valence-corrected chi connectivity index (χ4v) is 1.89. The third-order valence-corrected chi connectivity index (χ3v) is 2.86. The molecule has 0 saturated carbocycles. The first-order chi connectivity index (χ1) is 9.67. The highest BCUT2D eigenvalue weighted by Gasteiger charge is 2.17. The summed E-state index contributed by atoms with van der Waals surface area (Å²) in [6, 6.07) is 12.2. The lowest BCUT2D eigenvalue weighted by atomic mass is 10.1. The molecular formula is C15H16N2O3. The molecule has 0 fully saturated rings. The van der Waals surface area contributed by atoms with E-state index in [1.807, 2.05) is 12.1 Å². The molecule has 0 unspecified atom stereocenters. The van der Waals surface area contributed by atoms with Crippen LogP contribution in [0.2, 0.25) is 0 Å². The minimum absolute atomic E-state index is 0.306. The van der Waals surface area contributed by atoms with Crippen molar-refractivity contribution in [2.75, 3.05) is 25.3 Å². The summed E-state index contributed by atoms with van der Waals surface area (Å²) in [4.78, 5) is 12.4. The van der Waals surface area contributed by atoms with Crippen molar-refractivity contribution in [2.45, 2.75) is 0 Å². The molecule has 20 heavy (non-hydrogen) atoms. The van der Waals surface area contributed by atoms with Crippen molar-refractivity contribution in [3.63, 3.8) is 0 Å². The Balaban J connectivity index is 2.33. The molecule has 104 valence electrons. The van der Waals surface area contributed by atoms with E-state index in [0.29, 0.717) is 28.4 Å². The van der Waals surface area contributed by atoms with Crippen LogP contribution in [0, 0.1) is 0 Å². The van der Waals surface area contributed by atoms with Crippen molar-refractivity contribution >= 4 is 17.3 Å². The average molecular weight is 272 g/mol. The second kappa shape index (κ2) is 5.97. The molecular weight excluding hydrogens is 256 g/mol. The van der Waals surface area contributed by atoms with Gasteiger partial charge >= 0.3 is 0 Å². The molecule has 2 aromatic carbocycles. The molecule has 0 atom stereocenters. The van der Waals surface area contributed by atoms with E-state index in [-0.39, 0.29) is 5.91 Å². The fourth-order valence-electron chi connectivity index (χ4n) is 1.89. The number of hydrogen-bond donors (Lipinski definition) is 2. The molecule has 2 rings (SSSR count). The standard InChI is InChI=1S/C15H16N2O3/c1-19-12-8-4-3-7-11(12)17-15(18)14-10(16)6-5-9-13(14)20-2/h3-9H,16H2,1-2H3,(H,17,18). The molecule has 5 nitrogen and oxygen atoms in total. The summed E-state index contributed by atoms with van der Waals surface area (Å²) in [6.07, 6.45) is 0. The fraction of sp³-hybridized carbons (Fsp3) is 0.133. The van der Waals surface area contributed by atoms with Gasteiger partial charge in [-0.15, -0.1) is 0 Å². The Morgan fingerprint density at radius 3 is 2.35 bits per heavy atom. The predicted molar refractivity (Wildman–Crippen MR) is 78.4 cm³/mol. The zero-order valence-corrected chi connectivity index (χ0v) is 11.3. The van der Waals surface area contributed by atoms with E-state index in [9.17, 15) is 4.79 Å². The molecule has 0 bridgehead atoms. The van der Waals surface area contributed by atoms with Crippen LogP contribution in [0.1, 0.15) is 10.4 Å². The van der Waals surface area contributed by atoms with Gasteiger partial charge in [0, 0.05) is 5.69 Å². The van der Waals surface area contributed by atoms with Crippen molar-refractivity contribution in [1.82, 2.24) is 0 Å². The van der Waals surface area contributed by atoms with Crippen LogP contribution >= 0.6 is 0 Å². The largest absolute Gasteiger partial charge is 0.496 e. The van der Waals surface area contributed by atoms with Gasteiger partial charge in [-0.1, -0.05) is 18.2 Å². The van der Waals surface area contributed by atoms with Crippen molar-refractivity contribution < 1.29 is 14.3 Å². The molecule has 0 heterocycles. The first-order valence-electron chi connectivity index (χ1n) is 6.04. The Bertz CT molecular complexity index is 626. The third-order valence-electron chi connectivity index (χ3n) is 2.86. The molecule has 3 N–H and O–H groups in total. The van der Waals surface area contributed by atoms with Crippen LogP contribution < -0.4 is 20.5 Å². The second-order valence-electron chi connectivity index (χ2n) is 4.08. The molecule has 0 spiro atoms. The van der Waals surface area contributed by atoms with Gasteiger partial charge in [0.25, 0.3) is 5.91 Å². The van der Waals surface area contributed by atoms with Crippen LogP contribution in [-0.4, -0.2) is 20.1 Å². The van der Waals surface area contributed by atoms with E-state index in [0.717, 1.165) is 0 Å².